The first-order valence-electron chi connectivity index (χ1n) is 23.9. The zero-order valence-corrected chi connectivity index (χ0v) is 38.6. The van der Waals surface area contributed by atoms with Crippen LogP contribution in [0, 0.1) is 0 Å². The van der Waals surface area contributed by atoms with Crippen LogP contribution >= 0.6 is 0 Å². The summed E-state index contributed by atoms with van der Waals surface area (Å²) in [5.41, 5.74) is 19.9. The first kappa shape index (κ1) is 40.0. The molecule has 1 spiro atoms. The molecule has 0 fully saturated rings. The minimum absolute atomic E-state index is 0.307. The highest BCUT2D eigenvalue weighted by atomic mass is 15.4. The van der Waals surface area contributed by atoms with Gasteiger partial charge in [0.1, 0.15) is 6.17 Å². The van der Waals surface area contributed by atoms with Gasteiger partial charge in [-0.15, -0.1) is 0 Å². The SMILES string of the molecule is CC.CC1(C)c2ccccc2N(C2=NC(c3ccccc3)=NC(c3ccc4c(c3)-c3ccccc3C43c4ccccc4-c4ccccc43)N2)c2cc3c(cc21)c1ccccc1n3-c1ccccc1. The summed E-state index contributed by atoms with van der Waals surface area (Å²) >= 11 is 0. The van der Waals surface area contributed by atoms with Crippen LogP contribution in [0.2, 0.25) is 0 Å². The Morgan fingerprint density at radius 3 is 1.71 bits per heavy atom. The summed E-state index contributed by atoms with van der Waals surface area (Å²) in [6.07, 6.45) is -0.435. The molecule has 2 aliphatic heterocycles. The first-order chi connectivity index (χ1) is 33.5. The zero-order chi connectivity index (χ0) is 45.7. The number of anilines is 2. The lowest BCUT2D eigenvalue weighted by molar-refractivity contribution is 0.627. The number of hydrogen-bond acceptors (Lipinski definition) is 4. The lowest BCUT2D eigenvalue weighted by Gasteiger charge is -2.43. The molecule has 1 unspecified atom stereocenters. The van der Waals surface area contributed by atoms with Gasteiger partial charge in [-0.05, 0) is 104 Å². The van der Waals surface area contributed by atoms with Gasteiger partial charge in [0.05, 0.1) is 27.8 Å². The van der Waals surface area contributed by atoms with Gasteiger partial charge in [-0.25, -0.2) is 4.99 Å². The van der Waals surface area contributed by atoms with E-state index in [2.05, 4.69) is 241 Å². The lowest BCUT2D eigenvalue weighted by atomic mass is 9.70. The van der Waals surface area contributed by atoms with Crippen LogP contribution < -0.4 is 10.2 Å². The molecule has 326 valence electrons. The normalized spacial score (nSPS) is 16.3. The van der Waals surface area contributed by atoms with Crippen molar-refractivity contribution in [3.05, 3.63) is 257 Å². The van der Waals surface area contributed by atoms with Gasteiger partial charge in [0.15, 0.2) is 5.84 Å². The number of aromatic nitrogens is 1. The third-order valence-corrected chi connectivity index (χ3v) is 14.8. The van der Waals surface area contributed by atoms with E-state index in [4.69, 9.17) is 9.98 Å². The summed E-state index contributed by atoms with van der Waals surface area (Å²) in [7, 11) is 0. The van der Waals surface area contributed by atoms with Crippen LogP contribution in [0.4, 0.5) is 11.4 Å². The third-order valence-electron chi connectivity index (χ3n) is 14.8. The van der Waals surface area contributed by atoms with E-state index in [0.717, 1.165) is 39.7 Å². The number of nitrogens with zero attached hydrogens (tertiary/aromatic N) is 4. The molecule has 5 heteroatoms. The molecule has 68 heavy (non-hydrogen) atoms. The second kappa shape index (κ2) is 15.1. The summed E-state index contributed by atoms with van der Waals surface area (Å²) in [6, 6.07) is 77.6. The number of para-hydroxylation sites is 3. The van der Waals surface area contributed by atoms with E-state index in [1.165, 1.54) is 71.9 Å². The van der Waals surface area contributed by atoms with E-state index in [0.29, 0.717) is 5.84 Å². The second-order valence-electron chi connectivity index (χ2n) is 18.5. The van der Waals surface area contributed by atoms with E-state index in [1.54, 1.807) is 0 Å². The third kappa shape index (κ3) is 5.50. The maximum Gasteiger partial charge on any atom is 0.211 e. The van der Waals surface area contributed by atoms with Crippen molar-refractivity contribution in [2.45, 2.75) is 44.7 Å². The van der Waals surface area contributed by atoms with Crippen LogP contribution in [0.25, 0.3) is 49.7 Å². The fraction of sp³-hybridized carbons (Fsp3) is 0.111. The summed E-state index contributed by atoms with van der Waals surface area (Å²) in [5.74, 6) is 1.42. The maximum atomic E-state index is 5.49. The Balaban J connectivity index is 0.00000226. The fourth-order valence-electron chi connectivity index (χ4n) is 12.0. The molecule has 3 heterocycles. The van der Waals surface area contributed by atoms with Gasteiger partial charge in [0.25, 0.3) is 0 Å². The molecule has 0 saturated carbocycles. The molecule has 0 amide bonds. The van der Waals surface area contributed by atoms with E-state index >= 15 is 0 Å². The van der Waals surface area contributed by atoms with Gasteiger partial charge in [-0.2, -0.15) is 4.99 Å². The summed E-state index contributed by atoms with van der Waals surface area (Å²) in [5, 5.41) is 6.42. The largest absolute Gasteiger partial charge is 0.330 e. The Morgan fingerprint density at radius 2 is 1.01 bits per heavy atom. The van der Waals surface area contributed by atoms with E-state index in [-0.39, 0.29) is 5.41 Å². The topological polar surface area (TPSA) is 44.9 Å². The Kier molecular flexibility index (Phi) is 8.91. The summed E-state index contributed by atoms with van der Waals surface area (Å²) in [4.78, 5) is 13.3. The molecular formula is C63H49N5. The number of aliphatic imine (C=N–C) groups is 2. The number of hydrogen-bond donors (Lipinski definition) is 1. The number of rotatable bonds is 3. The van der Waals surface area contributed by atoms with E-state index in [9.17, 15) is 0 Å². The van der Waals surface area contributed by atoms with Crippen molar-refractivity contribution in [2.75, 3.05) is 4.90 Å². The van der Waals surface area contributed by atoms with Crippen LogP contribution in [0.3, 0.4) is 0 Å². The number of nitrogens with one attached hydrogen (secondary N) is 1. The second-order valence-corrected chi connectivity index (χ2v) is 18.5. The molecule has 9 aromatic carbocycles. The quantitative estimate of drug-likeness (QED) is 0.192. The predicted octanol–water partition coefficient (Wildman–Crippen LogP) is 15.0. The van der Waals surface area contributed by atoms with Gasteiger partial charge < -0.3 is 9.88 Å². The number of amidine groups is 1. The predicted molar refractivity (Wildman–Crippen MR) is 282 cm³/mol. The smallest absolute Gasteiger partial charge is 0.211 e. The van der Waals surface area contributed by atoms with Crippen molar-refractivity contribution in [1.82, 2.24) is 9.88 Å². The minimum Gasteiger partial charge on any atom is -0.330 e. The molecule has 0 saturated heterocycles. The molecule has 1 atom stereocenters. The average molecular weight is 876 g/mol. The highest BCUT2D eigenvalue weighted by Gasteiger charge is 2.51. The molecule has 10 aromatic rings. The Bertz CT molecular complexity index is 3680. The molecule has 4 aliphatic rings. The molecule has 1 aromatic heterocycles. The van der Waals surface area contributed by atoms with Crippen LogP contribution in [-0.4, -0.2) is 16.4 Å². The molecule has 14 rings (SSSR count). The van der Waals surface area contributed by atoms with Crippen molar-refractivity contribution >= 4 is 45.0 Å². The monoisotopic (exact) mass is 875 g/mol. The molecule has 5 nitrogen and oxygen atoms in total. The average Bonchev–Trinajstić information content (AvgIpc) is 4.01. The Hall–Kier alpha value is -8.28. The van der Waals surface area contributed by atoms with Crippen molar-refractivity contribution < 1.29 is 0 Å². The molecule has 0 bridgehead atoms. The van der Waals surface area contributed by atoms with Crippen LogP contribution in [0.1, 0.15) is 78.4 Å². The van der Waals surface area contributed by atoms with Crippen molar-refractivity contribution in [1.29, 1.82) is 0 Å². The van der Waals surface area contributed by atoms with Crippen molar-refractivity contribution in [2.24, 2.45) is 9.98 Å². The highest BCUT2D eigenvalue weighted by molar-refractivity contribution is 6.17. The first-order valence-corrected chi connectivity index (χ1v) is 23.9. The molecule has 0 radical (unpaired) electrons. The molecule has 2 aliphatic carbocycles. The van der Waals surface area contributed by atoms with Crippen LogP contribution in [0.5, 0.6) is 0 Å². The van der Waals surface area contributed by atoms with Gasteiger partial charge in [0.2, 0.25) is 5.96 Å². The summed E-state index contributed by atoms with van der Waals surface area (Å²) in [6.45, 7) is 8.71. The van der Waals surface area contributed by atoms with Gasteiger partial charge in [-0.1, -0.05) is 198 Å². The van der Waals surface area contributed by atoms with Crippen LogP contribution in [0.15, 0.2) is 222 Å². The fourth-order valence-corrected chi connectivity index (χ4v) is 12.0. The maximum absolute atomic E-state index is 5.49. The van der Waals surface area contributed by atoms with E-state index in [1.807, 2.05) is 13.8 Å². The molecular weight excluding hydrogens is 827 g/mol. The summed E-state index contributed by atoms with van der Waals surface area (Å²) < 4.78 is 2.41. The minimum atomic E-state index is -0.435. The number of fused-ring (bicyclic) bond motifs is 15. The Labute approximate surface area is 397 Å². The lowest BCUT2D eigenvalue weighted by Crippen LogP contribution is -2.46. The van der Waals surface area contributed by atoms with Crippen molar-refractivity contribution in [3.63, 3.8) is 0 Å². The van der Waals surface area contributed by atoms with Gasteiger partial charge in [-0.3, -0.25) is 4.90 Å². The van der Waals surface area contributed by atoms with Gasteiger partial charge in [0, 0.05) is 27.4 Å². The zero-order valence-electron chi connectivity index (χ0n) is 38.6. The molecule has 1 N–H and O–H groups in total. The van der Waals surface area contributed by atoms with Crippen LogP contribution in [-0.2, 0) is 10.8 Å². The number of guanidine groups is 1. The Morgan fingerprint density at radius 1 is 0.456 bits per heavy atom. The van der Waals surface area contributed by atoms with E-state index < -0.39 is 11.6 Å². The highest BCUT2D eigenvalue weighted by Crippen LogP contribution is 2.63. The number of benzene rings is 9. The standard InChI is InChI=1S/C61H43N5.C2H6/c1-60(2)51-30-16-18-32-54(51)66(56-37-55-46(36-52(56)60)44-26-12-17-31-53(44)65(55)40-21-7-4-8-22-40)59-63-57(38-19-5-3-6-20-38)62-58(64-59)39-33-34-50-45(35-39)43-25-11-15-29-49(43)61(50)47-27-13-9-23-41(47)42-24-10-14-28-48(42)61;1-2/h3-37,58H,1-2H3,(H,62,63,64);1-2H3. The van der Waals surface area contributed by atoms with Crippen molar-refractivity contribution in [3.8, 4) is 27.9 Å². The van der Waals surface area contributed by atoms with Gasteiger partial charge >= 0.3 is 0 Å².